The van der Waals surface area contributed by atoms with Crippen molar-refractivity contribution in [1.29, 1.82) is 0 Å². The van der Waals surface area contributed by atoms with E-state index in [0.717, 1.165) is 42.4 Å². The maximum atomic E-state index is 13.7. The number of fused-ring (bicyclic) bond motifs is 1. The van der Waals surface area contributed by atoms with Gasteiger partial charge in [-0.15, -0.1) is 0 Å². The van der Waals surface area contributed by atoms with Crippen molar-refractivity contribution in [3.8, 4) is 0 Å². The number of likely N-dealkylation sites (tertiary alicyclic amines) is 1. The smallest absolute Gasteiger partial charge is 0.324 e. The Kier molecular flexibility index (Phi) is 5.73. The van der Waals surface area contributed by atoms with Gasteiger partial charge in [0.15, 0.2) is 0 Å². The summed E-state index contributed by atoms with van der Waals surface area (Å²) in [5.74, 6) is -2.95. The Hall–Kier alpha value is -2.21. The van der Waals surface area contributed by atoms with Crippen LogP contribution >= 0.6 is 0 Å². The molecule has 2 heterocycles. The van der Waals surface area contributed by atoms with E-state index < -0.39 is 34.9 Å². The first kappa shape index (κ1) is 23.0. The number of imide groups is 1. The maximum Gasteiger partial charge on any atom is 0.324 e. The summed E-state index contributed by atoms with van der Waals surface area (Å²) in [5, 5.41) is 14.0. The molecule has 1 aromatic rings. The summed E-state index contributed by atoms with van der Waals surface area (Å²) in [6.07, 6.45) is 5.71. The molecule has 4 atom stereocenters. The van der Waals surface area contributed by atoms with Crippen LogP contribution < -0.4 is 5.32 Å². The number of carboxylic acids is 1. The summed E-state index contributed by atoms with van der Waals surface area (Å²) >= 11 is 0. The van der Waals surface area contributed by atoms with Crippen molar-refractivity contribution in [1.82, 2.24) is 10.2 Å². The monoisotopic (exact) mass is 440 g/mol. The number of amides is 2. The van der Waals surface area contributed by atoms with Gasteiger partial charge in [-0.1, -0.05) is 55.9 Å². The van der Waals surface area contributed by atoms with Crippen molar-refractivity contribution in [2.24, 2.45) is 17.8 Å². The van der Waals surface area contributed by atoms with Crippen LogP contribution in [0, 0.1) is 31.6 Å². The van der Waals surface area contributed by atoms with E-state index in [-0.39, 0.29) is 17.7 Å². The molecule has 3 fully saturated rings. The Morgan fingerprint density at radius 3 is 2.38 bits per heavy atom. The van der Waals surface area contributed by atoms with Crippen molar-refractivity contribution in [2.45, 2.75) is 90.3 Å². The van der Waals surface area contributed by atoms with Gasteiger partial charge < -0.3 is 5.11 Å². The molecule has 32 heavy (non-hydrogen) atoms. The molecule has 174 valence electrons. The van der Waals surface area contributed by atoms with Gasteiger partial charge in [-0.25, -0.2) is 0 Å². The molecule has 4 rings (SSSR count). The van der Waals surface area contributed by atoms with Crippen LogP contribution in [0.1, 0.15) is 82.0 Å². The van der Waals surface area contributed by atoms with Gasteiger partial charge in [-0.2, -0.15) is 0 Å². The largest absolute Gasteiger partial charge is 0.480 e. The van der Waals surface area contributed by atoms with Gasteiger partial charge in [0.05, 0.1) is 11.8 Å². The van der Waals surface area contributed by atoms with Crippen LogP contribution in [-0.2, 0) is 14.4 Å². The van der Waals surface area contributed by atoms with Crippen LogP contribution in [0.3, 0.4) is 0 Å². The lowest BCUT2D eigenvalue weighted by atomic mass is 9.72. The van der Waals surface area contributed by atoms with E-state index in [9.17, 15) is 19.5 Å². The Morgan fingerprint density at radius 1 is 1.12 bits per heavy atom. The quantitative estimate of drug-likeness (QED) is 0.687. The molecule has 2 N–H and O–H groups in total. The summed E-state index contributed by atoms with van der Waals surface area (Å²) in [6.45, 7) is 9.50. The van der Waals surface area contributed by atoms with Crippen molar-refractivity contribution < 1.29 is 19.5 Å². The first-order valence-corrected chi connectivity index (χ1v) is 11.9. The Labute approximate surface area is 190 Å². The highest BCUT2D eigenvalue weighted by Crippen LogP contribution is 2.53. The Morgan fingerprint density at radius 2 is 1.78 bits per heavy atom. The third kappa shape index (κ3) is 3.57. The minimum atomic E-state index is -1.43. The standard InChI is InChI=1S/C26H36N2O4/c1-15-11-12-16(2)18(13-15)21-19-20(23(30)28(22(19)29)25(3,4)5)26(27-21,24(31)32)14-17-9-7-6-8-10-17/h11-13,17,19-21,27H,6-10,14H2,1-5H3,(H,31,32). The molecular formula is C26H36N2O4. The van der Waals surface area contributed by atoms with Crippen molar-refractivity contribution in [2.75, 3.05) is 0 Å². The van der Waals surface area contributed by atoms with Crippen molar-refractivity contribution in [3.63, 3.8) is 0 Å². The average Bonchev–Trinajstić information content (AvgIpc) is 3.19. The van der Waals surface area contributed by atoms with Crippen molar-refractivity contribution in [3.05, 3.63) is 34.9 Å². The molecule has 0 spiro atoms. The first-order chi connectivity index (χ1) is 15.0. The Balaban J connectivity index is 1.85. The molecule has 4 unspecified atom stereocenters. The summed E-state index contributed by atoms with van der Waals surface area (Å²) in [5.41, 5.74) is 0.845. The van der Waals surface area contributed by atoms with E-state index >= 15 is 0 Å². The van der Waals surface area contributed by atoms with Gasteiger partial charge in [0.25, 0.3) is 0 Å². The van der Waals surface area contributed by atoms with E-state index in [1.807, 2.05) is 52.8 Å². The molecule has 1 aliphatic carbocycles. The fourth-order valence-corrected chi connectivity index (χ4v) is 6.34. The molecule has 6 heteroatoms. The lowest BCUT2D eigenvalue weighted by Crippen LogP contribution is -2.58. The molecule has 2 amide bonds. The van der Waals surface area contributed by atoms with Crippen LogP contribution in [0.5, 0.6) is 0 Å². The zero-order valence-electron chi connectivity index (χ0n) is 19.9. The number of hydrogen-bond donors (Lipinski definition) is 2. The zero-order valence-corrected chi connectivity index (χ0v) is 19.9. The number of nitrogens with one attached hydrogen (secondary N) is 1. The molecule has 2 aliphatic heterocycles. The van der Waals surface area contributed by atoms with Gasteiger partial charge in [-0.3, -0.25) is 24.6 Å². The predicted molar refractivity (Wildman–Crippen MR) is 122 cm³/mol. The number of carbonyl (C=O) groups is 3. The predicted octanol–water partition coefficient (Wildman–Crippen LogP) is 4.14. The van der Waals surface area contributed by atoms with Crippen LogP contribution in [0.4, 0.5) is 0 Å². The third-order valence-corrected chi connectivity index (χ3v) is 7.81. The number of hydrogen-bond acceptors (Lipinski definition) is 4. The van der Waals surface area contributed by atoms with Gasteiger partial charge in [0.2, 0.25) is 11.8 Å². The zero-order chi connectivity index (χ0) is 23.4. The second-order valence-electron chi connectivity index (χ2n) is 11.2. The lowest BCUT2D eigenvalue weighted by Gasteiger charge is -2.37. The van der Waals surface area contributed by atoms with Gasteiger partial charge >= 0.3 is 5.97 Å². The fourth-order valence-electron chi connectivity index (χ4n) is 6.34. The molecule has 1 aromatic carbocycles. The molecule has 2 saturated heterocycles. The normalized spacial score (nSPS) is 31.3. The molecule has 1 saturated carbocycles. The highest BCUT2D eigenvalue weighted by atomic mass is 16.4. The third-order valence-electron chi connectivity index (χ3n) is 7.81. The SMILES string of the molecule is Cc1ccc(C)c(C2NC(CC3CCCCC3)(C(=O)O)C3C(=O)N(C(C)(C)C)C(=O)C23)c1. The number of aliphatic carboxylic acids is 1. The molecule has 6 nitrogen and oxygen atoms in total. The minimum absolute atomic E-state index is 0.247. The topological polar surface area (TPSA) is 86.7 Å². The second kappa shape index (κ2) is 7.98. The highest BCUT2D eigenvalue weighted by Gasteiger charge is 2.69. The molecule has 0 aromatic heterocycles. The summed E-state index contributed by atoms with van der Waals surface area (Å²) < 4.78 is 0. The van der Waals surface area contributed by atoms with Crippen molar-refractivity contribution >= 4 is 17.8 Å². The number of carbonyl (C=O) groups excluding carboxylic acids is 2. The van der Waals surface area contributed by atoms with Gasteiger partial charge in [-0.05, 0) is 58.1 Å². The summed E-state index contributed by atoms with van der Waals surface area (Å²) in [6, 6.07) is 5.55. The van der Waals surface area contributed by atoms with Crippen LogP contribution in [0.15, 0.2) is 18.2 Å². The molecule has 3 aliphatic rings. The van der Waals surface area contributed by atoms with E-state index in [2.05, 4.69) is 5.32 Å². The van der Waals surface area contributed by atoms with E-state index in [0.29, 0.717) is 6.42 Å². The number of rotatable bonds is 4. The van der Waals surface area contributed by atoms with Crippen LogP contribution in [0.25, 0.3) is 0 Å². The first-order valence-electron chi connectivity index (χ1n) is 11.9. The fraction of sp³-hybridized carbons (Fsp3) is 0.654. The number of carboxylic acid groups (broad SMARTS) is 1. The molecule has 0 radical (unpaired) electrons. The van der Waals surface area contributed by atoms with E-state index in [1.54, 1.807) is 0 Å². The van der Waals surface area contributed by atoms with Crippen LogP contribution in [0.2, 0.25) is 0 Å². The van der Waals surface area contributed by atoms with Crippen LogP contribution in [-0.4, -0.2) is 38.9 Å². The van der Waals surface area contributed by atoms with E-state index in [4.69, 9.17) is 0 Å². The van der Waals surface area contributed by atoms with Gasteiger partial charge in [0, 0.05) is 11.6 Å². The highest BCUT2D eigenvalue weighted by molar-refractivity contribution is 6.10. The molecular weight excluding hydrogens is 404 g/mol. The Bertz CT molecular complexity index is 944. The summed E-state index contributed by atoms with van der Waals surface area (Å²) in [4.78, 5) is 41.7. The molecule has 0 bridgehead atoms. The number of aryl methyl sites for hydroxylation is 2. The summed E-state index contributed by atoms with van der Waals surface area (Å²) in [7, 11) is 0. The van der Waals surface area contributed by atoms with Gasteiger partial charge in [0.1, 0.15) is 5.54 Å². The maximum absolute atomic E-state index is 13.7. The van der Waals surface area contributed by atoms with E-state index in [1.165, 1.54) is 11.3 Å². The second-order valence-corrected chi connectivity index (χ2v) is 11.2. The lowest BCUT2D eigenvalue weighted by molar-refractivity contribution is -0.154. The average molecular weight is 441 g/mol. The number of benzene rings is 1. The number of nitrogens with zero attached hydrogens (tertiary/aromatic N) is 1. The minimum Gasteiger partial charge on any atom is -0.480 e.